The molecule has 31 heavy (non-hydrogen) atoms. The number of ether oxygens (including phenoxy) is 2. The van der Waals surface area contributed by atoms with E-state index in [1.165, 1.54) is 5.56 Å². The number of H-pyrrole nitrogens is 1. The van der Waals surface area contributed by atoms with Crippen molar-refractivity contribution in [3.63, 3.8) is 0 Å². The summed E-state index contributed by atoms with van der Waals surface area (Å²) >= 11 is 0. The summed E-state index contributed by atoms with van der Waals surface area (Å²) in [5, 5.41) is 7.97. The second-order valence-electron chi connectivity index (χ2n) is 7.75. The van der Waals surface area contributed by atoms with Crippen molar-refractivity contribution in [1.82, 2.24) is 10.2 Å². The highest BCUT2D eigenvalue weighted by molar-refractivity contribution is 5.76. The minimum absolute atomic E-state index is 0.339. The van der Waals surface area contributed by atoms with Crippen molar-refractivity contribution in [3.05, 3.63) is 107 Å². The van der Waals surface area contributed by atoms with Gasteiger partial charge in [-0.2, -0.15) is 5.10 Å². The van der Waals surface area contributed by atoms with Crippen LogP contribution in [0.1, 0.15) is 22.4 Å². The van der Waals surface area contributed by atoms with Crippen molar-refractivity contribution >= 4 is 6.08 Å². The predicted octanol–water partition coefficient (Wildman–Crippen LogP) is 5.65. The maximum Gasteiger partial charge on any atom is 0.161 e. The standard InChI is InChI=1S/C27H24N2O2/c1-30-24-14-13-21(17-25(24)31-2)27(20-11-7-4-8-12-20)16-15-22-23(18-27)28-29-26(22)19-9-5-3-6-10-19/h3-17H,18H2,1-2H3,(H,28,29). The molecular formula is C27H24N2O2. The van der Waals surface area contributed by atoms with Crippen LogP contribution < -0.4 is 9.47 Å². The molecule has 4 aromatic rings. The number of hydrogen-bond acceptors (Lipinski definition) is 3. The van der Waals surface area contributed by atoms with Crippen LogP contribution in [0.2, 0.25) is 0 Å². The van der Waals surface area contributed by atoms with Gasteiger partial charge in [-0.1, -0.05) is 78.9 Å². The van der Waals surface area contributed by atoms with Gasteiger partial charge in [-0.25, -0.2) is 0 Å². The molecule has 0 radical (unpaired) electrons. The maximum absolute atomic E-state index is 5.61. The number of hydrogen-bond donors (Lipinski definition) is 1. The van der Waals surface area contributed by atoms with Crippen molar-refractivity contribution in [1.29, 1.82) is 0 Å². The lowest BCUT2D eigenvalue weighted by Gasteiger charge is -2.35. The van der Waals surface area contributed by atoms with E-state index in [0.29, 0.717) is 0 Å². The van der Waals surface area contributed by atoms with Gasteiger partial charge in [-0.05, 0) is 23.3 Å². The van der Waals surface area contributed by atoms with Gasteiger partial charge in [-0.3, -0.25) is 5.10 Å². The van der Waals surface area contributed by atoms with E-state index in [2.05, 4.69) is 70.9 Å². The van der Waals surface area contributed by atoms with E-state index in [9.17, 15) is 0 Å². The fraction of sp³-hybridized carbons (Fsp3) is 0.148. The number of methoxy groups -OCH3 is 2. The molecule has 1 aliphatic rings. The quantitative estimate of drug-likeness (QED) is 0.464. The molecule has 0 saturated heterocycles. The average molecular weight is 409 g/mol. The number of rotatable bonds is 5. The van der Waals surface area contributed by atoms with Crippen LogP contribution >= 0.6 is 0 Å². The summed E-state index contributed by atoms with van der Waals surface area (Å²) in [4.78, 5) is 0. The van der Waals surface area contributed by atoms with Crippen molar-refractivity contribution < 1.29 is 9.47 Å². The number of aromatic amines is 1. The molecule has 0 fully saturated rings. The first-order chi connectivity index (χ1) is 15.2. The monoisotopic (exact) mass is 408 g/mol. The molecule has 1 heterocycles. The molecule has 4 heteroatoms. The first-order valence-corrected chi connectivity index (χ1v) is 10.3. The zero-order valence-electron chi connectivity index (χ0n) is 17.6. The van der Waals surface area contributed by atoms with Gasteiger partial charge in [0.2, 0.25) is 0 Å². The molecule has 154 valence electrons. The van der Waals surface area contributed by atoms with Crippen molar-refractivity contribution in [2.45, 2.75) is 11.8 Å². The third kappa shape index (κ3) is 3.21. The molecule has 0 aliphatic heterocycles. The first-order valence-electron chi connectivity index (χ1n) is 10.3. The highest BCUT2D eigenvalue weighted by Gasteiger charge is 2.37. The van der Waals surface area contributed by atoms with Crippen LogP contribution in [-0.2, 0) is 11.8 Å². The summed E-state index contributed by atoms with van der Waals surface area (Å²) in [6.45, 7) is 0. The molecule has 3 aromatic carbocycles. The van der Waals surface area contributed by atoms with Crippen LogP contribution in [0.15, 0.2) is 84.9 Å². The van der Waals surface area contributed by atoms with Crippen molar-refractivity contribution in [3.8, 4) is 22.8 Å². The fourth-order valence-electron chi connectivity index (χ4n) is 4.49. The van der Waals surface area contributed by atoms with Gasteiger partial charge < -0.3 is 9.47 Å². The second-order valence-corrected chi connectivity index (χ2v) is 7.75. The van der Waals surface area contributed by atoms with Gasteiger partial charge in [0, 0.05) is 28.7 Å². The third-order valence-electron chi connectivity index (χ3n) is 6.11. The Labute approximate surface area is 182 Å². The lowest BCUT2D eigenvalue weighted by atomic mass is 9.68. The molecule has 1 aliphatic carbocycles. The molecule has 5 rings (SSSR count). The second kappa shape index (κ2) is 7.80. The SMILES string of the molecule is COc1ccc(C2(c3ccccc3)C=Cc3c(-c4ccccc4)n[nH]c3C2)cc1OC. The Kier molecular flexibility index (Phi) is 4.83. The minimum Gasteiger partial charge on any atom is -0.493 e. The topological polar surface area (TPSA) is 47.1 Å². The molecular weight excluding hydrogens is 384 g/mol. The highest BCUT2D eigenvalue weighted by atomic mass is 16.5. The number of benzene rings is 3. The Morgan fingerprint density at radius 2 is 1.52 bits per heavy atom. The number of nitrogens with one attached hydrogen (secondary N) is 1. The number of allylic oxidation sites excluding steroid dienone is 1. The van der Waals surface area contributed by atoms with Crippen LogP contribution in [0.3, 0.4) is 0 Å². The highest BCUT2D eigenvalue weighted by Crippen LogP contribution is 2.45. The Morgan fingerprint density at radius 1 is 0.806 bits per heavy atom. The Bertz CT molecular complexity index is 1230. The summed E-state index contributed by atoms with van der Waals surface area (Å²) in [6.07, 6.45) is 5.28. The largest absolute Gasteiger partial charge is 0.493 e. The lowest BCUT2D eigenvalue weighted by molar-refractivity contribution is 0.354. The van der Waals surface area contributed by atoms with Crippen LogP contribution in [0.25, 0.3) is 17.3 Å². The molecule has 0 amide bonds. The molecule has 0 bridgehead atoms. The van der Waals surface area contributed by atoms with Crippen LogP contribution in [0.4, 0.5) is 0 Å². The van der Waals surface area contributed by atoms with E-state index in [0.717, 1.165) is 46.0 Å². The zero-order valence-corrected chi connectivity index (χ0v) is 17.6. The average Bonchev–Trinajstić information content (AvgIpc) is 3.27. The molecule has 1 N–H and O–H groups in total. The minimum atomic E-state index is -0.339. The molecule has 1 aromatic heterocycles. The van der Waals surface area contributed by atoms with Gasteiger partial charge in [-0.15, -0.1) is 0 Å². The van der Waals surface area contributed by atoms with E-state index < -0.39 is 0 Å². The Hall–Kier alpha value is -3.79. The summed E-state index contributed by atoms with van der Waals surface area (Å²) < 4.78 is 11.1. The molecule has 1 unspecified atom stereocenters. The molecule has 1 atom stereocenters. The smallest absolute Gasteiger partial charge is 0.161 e. The number of nitrogens with zero attached hydrogens (tertiary/aromatic N) is 1. The van der Waals surface area contributed by atoms with Crippen LogP contribution in [0, 0.1) is 0 Å². The van der Waals surface area contributed by atoms with Gasteiger partial charge in [0.25, 0.3) is 0 Å². The van der Waals surface area contributed by atoms with Crippen LogP contribution in [-0.4, -0.2) is 24.4 Å². The van der Waals surface area contributed by atoms with Gasteiger partial charge in [0.1, 0.15) is 0 Å². The summed E-state index contributed by atoms with van der Waals surface area (Å²) in [5.41, 5.74) is 6.41. The van der Waals surface area contributed by atoms with E-state index in [1.807, 2.05) is 30.3 Å². The van der Waals surface area contributed by atoms with Crippen molar-refractivity contribution in [2.75, 3.05) is 14.2 Å². The first kappa shape index (κ1) is 19.2. The normalized spacial score (nSPS) is 17.2. The Balaban J connectivity index is 1.66. The summed E-state index contributed by atoms with van der Waals surface area (Å²) in [7, 11) is 3.33. The lowest BCUT2D eigenvalue weighted by Crippen LogP contribution is -2.30. The third-order valence-corrected chi connectivity index (χ3v) is 6.11. The van der Waals surface area contributed by atoms with E-state index in [1.54, 1.807) is 14.2 Å². The van der Waals surface area contributed by atoms with Gasteiger partial charge >= 0.3 is 0 Å². The number of fused-ring (bicyclic) bond motifs is 1. The Morgan fingerprint density at radius 3 is 2.23 bits per heavy atom. The number of aromatic nitrogens is 2. The predicted molar refractivity (Wildman–Crippen MR) is 124 cm³/mol. The summed E-state index contributed by atoms with van der Waals surface area (Å²) in [6, 6.07) is 27.1. The van der Waals surface area contributed by atoms with E-state index in [-0.39, 0.29) is 5.41 Å². The molecule has 0 saturated carbocycles. The van der Waals surface area contributed by atoms with E-state index >= 15 is 0 Å². The van der Waals surface area contributed by atoms with Crippen molar-refractivity contribution in [2.24, 2.45) is 0 Å². The van der Waals surface area contributed by atoms with Crippen LogP contribution in [0.5, 0.6) is 11.5 Å². The molecule has 4 nitrogen and oxygen atoms in total. The van der Waals surface area contributed by atoms with E-state index in [4.69, 9.17) is 9.47 Å². The fourth-order valence-corrected chi connectivity index (χ4v) is 4.49. The van der Waals surface area contributed by atoms with Gasteiger partial charge in [0.05, 0.1) is 19.9 Å². The zero-order chi connectivity index (χ0) is 21.3. The summed E-state index contributed by atoms with van der Waals surface area (Å²) in [5.74, 6) is 1.45. The van der Waals surface area contributed by atoms with Gasteiger partial charge in [0.15, 0.2) is 11.5 Å². The maximum atomic E-state index is 5.61. The molecule has 0 spiro atoms.